The Hall–Kier alpha value is -2.17. The molecule has 0 aliphatic rings. The van der Waals surface area contributed by atoms with Crippen molar-refractivity contribution < 1.29 is 4.74 Å². The van der Waals surface area contributed by atoms with Crippen LogP contribution in [0.2, 0.25) is 0 Å². The van der Waals surface area contributed by atoms with E-state index in [4.69, 9.17) is 4.74 Å². The van der Waals surface area contributed by atoms with E-state index in [0.717, 1.165) is 35.5 Å². The maximum atomic E-state index is 5.61. The van der Waals surface area contributed by atoms with E-state index in [1.807, 2.05) is 26.1 Å². The van der Waals surface area contributed by atoms with Crippen LogP contribution in [-0.2, 0) is 0 Å². The standard InChI is InChI=1S/C15H20N4O/c1-4-6-20-13-7-12(9-16-10-13)14-11(3)8-18-15(19-14)17-5-2/h7-10H,4-6H2,1-3H3,(H,17,18,19). The highest BCUT2D eigenvalue weighted by molar-refractivity contribution is 5.64. The van der Waals surface area contributed by atoms with Gasteiger partial charge in [-0.25, -0.2) is 9.97 Å². The van der Waals surface area contributed by atoms with Crippen molar-refractivity contribution in [2.45, 2.75) is 27.2 Å². The number of anilines is 1. The van der Waals surface area contributed by atoms with E-state index in [1.165, 1.54) is 0 Å². The molecule has 5 nitrogen and oxygen atoms in total. The van der Waals surface area contributed by atoms with Crippen molar-refractivity contribution in [1.82, 2.24) is 15.0 Å². The first-order valence-corrected chi connectivity index (χ1v) is 6.90. The van der Waals surface area contributed by atoms with Gasteiger partial charge in [-0.3, -0.25) is 4.98 Å². The molecule has 1 N–H and O–H groups in total. The third-order valence-electron chi connectivity index (χ3n) is 2.77. The van der Waals surface area contributed by atoms with Gasteiger partial charge in [-0.05, 0) is 31.9 Å². The highest BCUT2D eigenvalue weighted by Crippen LogP contribution is 2.24. The monoisotopic (exact) mass is 272 g/mol. The Kier molecular flexibility index (Phi) is 4.87. The zero-order chi connectivity index (χ0) is 14.4. The van der Waals surface area contributed by atoms with Gasteiger partial charge in [-0.1, -0.05) is 6.92 Å². The number of nitrogens with one attached hydrogen (secondary N) is 1. The van der Waals surface area contributed by atoms with Crippen LogP contribution in [0.15, 0.2) is 24.7 Å². The molecular weight excluding hydrogens is 252 g/mol. The van der Waals surface area contributed by atoms with Crippen molar-refractivity contribution >= 4 is 5.95 Å². The second kappa shape index (κ2) is 6.84. The minimum atomic E-state index is 0.632. The van der Waals surface area contributed by atoms with Crippen molar-refractivity contribution in [2.24, 2.45) is 0 Å². The Balaban J connectivity index is 2.32. The predicted molar refractivity (Wildman–Crippen MR) is 79.9 cm³/mol. The molecular formula is C15H20N4O. The molecule has 0 unspecified atom stereocenters. The van der Waals surface area contributed by atoms with Crippen LogP contribution in [0.3, 0.4) is 0 Å². The third kappa shape index (κ3) is 3.44. The van der Waals surface area contributed by atoms with Crippen molar-refractivity contribution in [1.29, 1.82) is 0 Å². The van der Waals surface area contributed by atoms with Crippen LogP contribution in [0.4, 0.5) is 5.95 Å². The first-order chi connectivity index (χ1) is 9.74. The van der Waals surface area contributed by atoms with Gasteiger partial charge in [0.05, 0.1) is 18.5 Å². The summed E-state index contributed by atoms with van der Waals surface area (Å²) in [6.45, 7) is 7.57. The van der Waals surface area contributed by atoms with Crippen LogP contribution in [0.5, 0.6) is 5.75 Å². The molecule has 0 bridgehead atoms. The van der Waals surface area contributed by atoms with E-state index in [-0.39, 0.29) is 0 Å². The van der Waals surface area contributed by atoms with Crippen LogP contribution in [0, 0.1) is 6.92 Å². The quantitative estimate of drug-likeness (QED) is 0.875. The normalized spacial score (nSPS) is 10.3. The Bertz CT molecular complexity index is 572. The number of pyridine rings is 1. The summed E-state index contributed by atoms with van der Waals surface area (Å²) in [6, 6.07) is 1.97. The number of nitrogens with zero attached hydrogens (tertiary/aromatic N) is 3. The number of hydrogen-bond acceptors (Lipinski definition) is 5. The first kappa shape index (κ1) is 14.2. The molecule has 2 heterocycles. The van der Waals surface area contributed by atoms with Crippen molar-refractivity contribution in [2.75, 3.05) is 18.5 Å². The molecule has 106 valence electrons. The van der Waals surface area contributed by atoms with E-state index < -0.39 is 0 Å². The summed E-state index contributed by atoms with van der Waals surface area (Å²) in [7, 11) is 0. The molecule has 0 aliphatic heterocycles. The Morgan fingerprint density at radius 1 is 1.20 bits per heavy atom. The summed E-state index contributed by atoms with van der Waals surface area (Å²) in [5, 5.41) is 3.12. The average Bonchev–Trinajstić information content (AvgIpc) is 2.47. The van der Waals surface area contributed by atoms with Crippen molar-refractivity contribution in [3.8, 4) is 17.0 Å². The number of hydrogen-bond donors (Lipinski definition) is 1. The summed E-state index contributed by atoms with van der Waals surface area (Å²) in [4.78, 5) is 13.0. The SMILES string of the molecule is CCCOc1cncc(-c2nc(NCC)ncc2C)c1. The molecule has 0 aliphatic carbocycles. The van der Waals surface area contributed by atoms with Crippen LogP contribution >= 0.6 is 0 Å². The number of aryl methyl sites for hydroxylation is 1. The average molecular weight is 272 g/mol. The zero-order valence-corrected chi connectivity index (χ0v) is 12.2. The Labute approximate surface area is 119 Å². The topological polar surface area (TPSA) is 59.9 Å². The Morgan fingerprint density at radius 3 is 2.80 bits per heavy atom. The van der Waals surface area contributed by atoms with Crippen molar-refractivity contribution in [3.63, 3.8) is 0 Å². The lowest BCUT2D eigenvalue weighted by atomic mass is 10.1. The van der Waals surface area contributed by atoms with Gasteiger partial charge in [0.1, 0.15) is 5.75 Å². The van der Waals surface area contributed by atoms with Gasteiger partial charge in [0.25, 0.3) is 0 Å². The van der Waals surface area contributed by atoms with Gasteiger partial charge < -0.3 is 10.1 Å². The molecule has 2 rings (SSSR count). The molecule has 0 spiro atoms. The molecule has 0 saturated carbocycles. The molecule has 2 aromatic heterocycles. The van der Waals surface area contributed by atoms with Gasteiger partial charge in [-0.15, -0.1) is 0 Å². The molecule has 0 saturated heterocycles. The molecule has 0 amide bonds. The van der Waals surface area contributed by atoms with E-state index in [1.54, 1.807) is 12.4 Å². The highest BCUT2D eigenvalue weighted by atomic mass is 16.5. The van der Waals surface area contributed by atoms with E-state index >= 15 is 0 Å². The Morgan fingerprint density at radius 2 is 2.05 bits per heavy atom. The first-order valence-electron chi connectivity index (χ1n) is 6.90. The third-order valence-corrected chi connectivity index (χ3v) is 2.77. The summed E-state index contributed by atoms with van der Waals surface area (Å²) in [5.74, 6) is 1.40. The molecule has 0 fully saturated rings. The largest absolute Gasteiger partial charge is 0.492 e. The number of ether oxygens (including phenoxy) is 1. The van der Waals surface area contributed by atoms with Crippen LogP contribution in [-0.4, -0.2) is 28.1 Å². The summed E-state index contributed by atoms with van der Waals surface area (Å²) < 4.78 is 5.61. The van der Waals surface area contributed by atoms with Crippen LogP contribution in [0.25, 0.3) is 11.3 Å². The smallest absolute Gasteiger partial charge is 0.223 e. The maximum absolute atomic E-state index is 5.61. The predicted octanol–water partition coefficient (Wildman–Crippen LogP) is 3.07. The summed E-state index contributed by atoms with van der Waals surface area (Å²) in [6.07, 6.45) is 6.31. The summed E-state index contributed by atoms with van der Waals surface area (Å²) >= 11 is 0. The van der Waals surface area contributed by atoms with E-state index in [2.05, 4.69) is 27.2 Å². The van der Waals surface area contributed by atoms with E-state index in [0.29, 0.717) is 12.6 Å². The second-order valence-electron chi connectivity index (χ2n) is 4.51. The molecule has 5 heteroatoms. The summed E-state index contributed by atoms with van der Waals surface area (Å²) in [5.41, 5.74) is 2.84. The lowest BCUT2D eigenvalue weighted by Gasteiger charge is -2.09. The lowest BCUT2D eigenvalue weighted by Crippen LogP contribution is -2.04. The lowest BCUT2D eigenvalue weighted by molar-refractivity contribution is 0.316. The fourth-order valence-corrected chi connectivity index (χ4v) is 1.82. The van der Waals surface area contributed by atoms with Crippen LogP contribution in [0.1, 0.15) is 25.8 Å². The number of aromatic nitrogens is 3. The van der Waals surface area contributed by atoms with Gasteiger partial charge in [0.2, 0.25) is 5.95 Å². The van der Waals surface area contributed by atoms with Crippen molar-refractivity contribution in [3.05, 3.63) is 30.2 Å². The van der Waals surface area contributed by atoms with Gasteiger partial charge >= 0.3 is 0 Å². The number of rotatable bonds is 6. The van der Waals surface area contributed by atoms with Crippen LogP contribution < -0.4 is 10.1 Å². The molecule has 20 heavy (non-hydrogen) atoms. The highest BCUT2D eigenvalue weighted by Gasteiger charge is 2.08. The fourth-order valence-electron chi connectivity index (χ4n) is 1.82. The maximum Gasteiger partial charge on any atom is 0.223 e. The molecule has 0 aromatic carbocycles. The molecule has 0 radical (unpaired) electrons. The molecule has 2 aromatic rings. The van der Waals surface area contributed by atoms with Gasteiger partial charge in [0.15, 0.2) is 0 Å². The van der Waals surface area contributed by atoms with E-state index in [9.17, 15) is 0 Å². The second-order valence-corrected chi connectivity index (χ2v) is 4.51. The fraction of sp³-hybridized carbons (Fsp3) is 0.400. The molecule has 0 atom stereocenters. The van der Waals surface area contributed by atoms with Gasteiger partial charge in [0, 0.05) is 24.5 Å². The minimum absolute atomic E-state index is 0.632. The minimum Gasteiger partial charge on any atom is -0.492 e. The zero-order valence-electron chi connectivity index (χ0n) is 12.2. The van der Waals surface area contributed by atoms with Gasteiger partial charge in [-0.2, -0.15) is 0 Å².